The van der Waals surface area contributed by atoms with Crippen LogP contribution in [0.3, 0.4) is 0 Å². The van der Waals surface area contributed by atoms with E-state index in [4.69, 9.17) is 4.42 Å². The van der Waals surface area contributed by atoms with E-state index in [1.807, 2.05) is 13.0 Å². The highest BCUT2D eigenvalue weighted by Gasteiger charge is 2.04. The van der Waals surface area contributed by atoms with Crippen molar-refractivity contribution in [3.63, 3.8) is 0 Å². The zero-order chi connectivity index (χ0) is 10.8. The van der Waals surface area contributed by atoms with Gasteiger partial charge < -0.3 is 9.52 Å². The van der Waals surface area contributed by atoms with Crippen molar-refractivity contribution in [3.8, 4) is 5.75 Å². The molecule has 0 amide bonds. The summed E-state index contributed by atoms with van der Waals surface area (Å²) in [6.45, 7) is 2.03. The van der Waals surface area contributed by atoms with E-state index in [0.717, 1.165) is 18.2 Å². The van der Waals surface area contributed by atoms with Crippen LogP contribution < -0.4 is 5.63 Å². The summed E-state index contributed by atoms with van der Waals surface area (Å²) in [7, 11) is 0. The smallest absolute Gasteiger partial charge is 0.343 e. The second-order valence-electron chi connectivity index (χ2n) is 3.52. The fourth-order valence-electron chi connectivity index (χ4n) is 1.59. The van der Waals surface area contributed by atoms with Gasteiger partial charge in [0, 0.05) is 6.42 Å². The highest BCUT2D eigenvalue weighted by molar-refractivity contribution is 5.82. The number of phenols is 1. The van der Waals surface area contributed by atoms with Crippen LogP contribution in [-0.4, -0.2) is 5.11 Å². The van der Waals surface area contributed by atoms with Gasteiger partial charge in [-0.1, -0.05) is 13.0 Å². The first-order valence-electron chi connectivity index (χ1n) is 4.96. The predicted molar refractivity (Wildman–Crippen MR) is 58.1 cm³/mol. The molecule has 0 saturated carbocycles. The summed E-state index contributed by atoms with van der Waals surface area (Å²) in [5.41, 5.74) is -0.383. The topological polar surface area (TPSA) is 50.4 Å². The largest absolute Gasteiger partial charge is 0.508 e. The molecule has 1 aromatic carbocycles. The zero-order valence-electron chi connectivity index (χ0n) is 8.49. The molecule has 0 unspecified atom stereocenters. The van der Waals surface area contributed by atoms with Crippen LogP contribution in [0.25, 0.3) is 10.8 Å². The maximum atomic E-state index is 11.5. The second-order valence-corrected chi connectivity index (χ2v) is 3.52. The second kappa shape index (κ2) is 3.77. The van der Waals surface area contributed by atoms with Crippen molar-refractivity contribution < 1.29 is 9.52 Å². The average molecular weight is 204 g/mol. The van der Waals surface area contributed by atoms with E-state index >= 15 is 0 Å². The van der Waals surface area contributed by atoms with Gasteiger partial charge in [-0.3, -0.25) is 0 Å². The van der Waals surface area contributed by atoms with E-state index in [2.05, 4.69) is 0 Å². The van der Waals surface area contributed by atoms with Crippen molar-refractivity contribution in [3.05, 3.63) is 40.4 Å². The lowest BCUT2D eigenvalue weighted by Gasteiger charge is -2.01. The molecule has 78 valence electrons. The van der Waals surface area contributed by atoms with Gasteiger partial charge in [0.2, 0.25) is 0 Å². The minimum Gasteiger partial charge on any atom is -0.508 e. The third kappa shape index (κ3) is 1.86. The maximum absolute atomic E-state index is 11.5. The van der Waals surface area contributed by atoms with E-state index in [-0.39, 0.29) is 11.4 Å². The number of aromatic hydroxyl groups is 1. The SMILES string of the molecule is CCCc1cc2ccc(O)cc2c(=O)o1. The lowest BCUT2D eigenvalue weighted by atomic mass is 10.1. The van der Waals surface area contributed by atoms with Gasteiger partial charge in [-0.2, -0.15) is 0 Å². The number of phenolic OH excluding ortho intramolecular Hbond substituents is 1. The minimum atomic E-state index is -0.383. The van der Waals surface area contributed by atoms with Crippen molar-refractivity contribution in [2.24, 2.45) is 0 Å². The predicted octanol–water partition coefficient (Wildman–Crippen LogP) is 2.45. The minimum absolute atomic E-state index is 0.0815. The van der Waals surface area contributed by atoms with E-state index in [0.29, 0.717) is 11.1 Å². The van der Waals surface area contributed by atoms with Crippen LogP contribution in [0, 0.1) is 0 Å². The van der Waals surface area contributed by atoms with Crippen LogP contribution in [0.4, 0.5) is 0 Å². The van der Waals surface area contributed by atoms with E-state index in [9.17, 15) is 9.90 Å². The van der Waals surface area contributed by atoms with E-state index < -0.39 is 0 Å². The Bertz CT molecular complexity index is 540. The zero-order valence-corrected chi connectivity index (χ0v) is 8.49. The van der Waals surface area contributed by atoms with Gasteiger partial charge in [-0.15, -0.1) is 0 Å². The Kier molecular flexibility index (Phi) is 2.46. The molecule has 0 radical (unpaired) electrons. The highest BCUT2D eigenvalue weighted by Crippen LogP contribution is 2.18. The van der Waals surface area contributed by atoms with Gasteiger partial charge in [0.1, 0.15) is 11.5 Å². The Morgan fingerprint density at radius 3 is 2.87 bits per heavy atom. The van der Waals surface area contributed by atoms with Crippen molar-refractivity contribution in [1.29, 1.82) is 0 Å². The molecule has 0 saturated heterocycles. The summed E-state index contributed by atoms with van der Waals surface area (Å²) in [6, 6.07) is 6.56. The van der Waals surface area contributed by atoms with Gasteiger partial charge >= 0.3 is 5.63 Å². The Balaban J connectivity index is 2.67. The van der Waals surface area contributed by atoms with Crippen molar-refractivity contribution in [2.75, 3.05) is 0 Å². The Hall–Kier alpha value is -1.77. The molecular weight excluding hydrogens is 192 g/mol. The molecule has 0 fully saturated rings. The van der Waals surface area contributed by atoms with Crippen molar-refractivity contribution >= 4 is 10.8 Å². The molecule has 15 heavy (non-hydrogen) atoms. The number of aryl methyl sites for hydroxylation is 1. The van der Waals surface area contributed by atoms with Gasteiger partial charge in [-0.05, 0) is 30.0 Å². The van der Waals surface area contributed by atoms with E-state index in [1.54, 1.807) is 12.1 Å². The normalized spacial score (nSPS) is 10.7. The lowest BCUT2D eigenvalue weighted by Crippen LogP contribution is -2.01. The molecule has 3 nitrogen and oxygen atoms in total. The number of hydrogen-bond donors (Lipinski definition) is 1. The molecule has 1 aromatic heterocycles. The maximum Gasteiger partial charge on any atom is 0.343 e. The van der Waals surface area contributed by atoms with Crippen LogP contribution in [0.1, 0.15) is 19.1 Å². The average Bonchev–Trinajstić information content (AvgIpc) is 2.20. The number of rotatable bonds is 2. The Morgan fingerprint density at radius 1 is 1.33 bits per heavy atom. The Morgan fingerprint density at radius 2 is 2.13 bits per heavy atom. The van der Waals surface area contributed by atoms with Crippen LogP contribution in [-0.2, 0) is 6.42 Å². The quantitative estimate of drug-likeness (QED) is 0.817. The lowest BCUT2D eigenvalue weighted by molar-refractivity contribution is 0.461. The van der Waals surface area contributed by atoms with Gasteiger partial charge in [0.15, 0.2) is 0 Å². The first kappa shape index (κ1) is 9.77. The van der Waals surface area contributed by atoms with Gasteiger partial charge in [0.05, 0.1) is 5.39 Å². The first-order valence-corrected chi connectivity index (χ1v) is 4.96. The summed E-state index contributed by atoms with van der Waals surface area (Å²) in [4.78, 5) is 11.5. The number of fused-ring (bicyclic) bond motifs is 1. The summed E-state index contributed by atoms with van der Waals surface area (Å²) in [6.07, 6.45) is 1.69. The third-order valence-corrected chi connectivity index (χ3v) is 2.29. The summed E-state index contributed by atoms with van der Waals surface area (Å²) >= 11 is 0. The standard InChI is InChI=1S/C12H12O3/c1-2-3-10-6-8-4-5-9(13)7-11(8)12(14)15-10/h4-7,13H,2-3H2,1H3. The molecule has 0 aliphatic rings. The van der Waals surface area contributed by atoms with Crippen LogP contribution in [0.2, 0.25) is 0 Å². The van der Waals surface area contributed by atoms with E-state index in [1.165, 1.54) is 6.07 Å². The van der Waals surface area contributed by atoms with Crippen LogP contribution in [0.15, 0.2) is 33.5 Å². The molecule has 0 aliphatic carbocycles. The van der Waals surface area contributed by atoms with Gasteiger partial charge in [0.25, 0.3) is 0 Å². The van der Waals surface area contributed by atoms with Crippen LogP contribution >= 0.6 is 0 Å². The monoisotopic (exact) mass is 204 g/mol. The molecular formula is C12H12O3. The molecule has 0 spiro atoms. The summed E-state index contributed by atoms with van der Waals surface area (Å²) in [5.74, 6) is 0.777. The highest BCUT2D eigenvalue weighted by atomic mass is 16.4. The fourth-order valence-corrected chi connectivity index (χ4v) is 1.59. The summed E-state index contributed by atoms with van der Waals surface area (Å²) in [5, 5.41) is 10.5. The molecule has 2 aromatic rings. The summed E-state index contributed by atoms with van der Waals surface area (Å²) < 4.78 is 5.12. The fraction of sp³-hybridized carbons (Fsp3) is 0.250. The molecule has 0 atom stereocenters. The molecule has 0 bridgehead atoms. The van der Waals surface area contributed by atoms with Crippen molar-refractivity contribution in [1.82, 2.24) is 0 Å². The Labute approximate surface area is 87.0 Å². The van der Waals surface area contributed by atoms with Gasteiger partial charge in [-0.25, -0.2) is 4.79 Å². The molecule has 1 heterocycles. The molecule has 3 heteroatoms. The van der Waals surface area contributed by atoms with Crippen LogP contribution in [0.5, 0.6) is 5.75 Å². The number of benzene rings is 1. The third-order valence-electron chi connectivity index (χ3n) is 2.29. The molecule has 1 N–H and O–H groups in total. The molecule has 2 rings (SSSR count). The molecule has 0 aliphatic heterocycles. The van der Waals surface area contributed by atoms with Crippen molar-refractivity contribution in [2.45, 2.75) is 19.8 Å². The first-order chi connectivity index (χ1) is 7.20. The number of hydrogen-bond acceptors (Lipinski definition) is 3.